The SMILES string of the molecule is CN1CCCc2cc(C(O)CCS(C)(=O)=O)ccc21. The van der Waals surface area contributed by atoms with Crippen molar-refractivity contribution in [2.24, 2.45) is 0 Å². The fourth-order valence-corrected chi connectivity index (χ4v) is 3.16. The zero-order valence-corrected chi connectivity index (χ0v) is 12.3. The van der Waals surface area contributed by atoms with Crippen LogP contribution in [0.25, 0.3) is 0 Å². The molecule has 2 rings (SSSR count). The van der Waals surface area contributed by atoms with Crippen LogP contribution in [0.2, 0.25) is 0 Å². The number of hydrogen-bond acceptors (Lipinski definition) is 4. The Kier molecular flexibility index (Phi) is 4.16. The molecule has 1 unspecified atom stereocenters. The summed E-state index contributed by atoms with van der Waals surface area (Å²) in [5, 5.41) is 10.1. The number of anilines is 1. The minimum absolute atomic E-state index is 0.0190. The van der Waals surface area contributed by atoms with Crippen LogP contribution in [0, 0.1) is 0 Å². The van der Waals surface area contributed by atoms with Crippen LogP contribution < -0.4 is 4.90 Å². The first kappa shape index (κ1) is 14.3. The number of nitrogens with zero attached hydrogens (tertiary/aromatic N) is 1. The summed E-state index contributed by atoms with van der Waals surface area (Å²) in [7, 11) is -0.954. The molecule has 0 bridgehead atoms. The van der Waals surface area contributed by atoms with Crippen LogP contribution in [-0.4, -0.2) is 39.1 Å². The highest BCUT2D eigenvalue weighted by molar-refractivity contribution is 7.90. The Morgan fingerprint density at radius 3 is 2.84 bits per heavy atom. The molecule has 0 saturated heterocycles. The Bertz CT molecular complexity index is 554. The molecule has 19 heavy (non-hydrogen) atoms. The van der Waals surface area contributed by atoms with Crippen molar-refractivity contribution in [2.45, 2.75) is 25.4 Å². The van der Waals surface area contributed by atoms with Crippen LogP contribution in [0.4, 0.5) is 5.69 Å². The number of fused-ring (bicyclic) bond motifs is 1. The van der Waals surface area contributed by atoms with E-state index in [0.29, 0.717) is 0 Å². The van der Waals surface area contributed by atoms with Gasteiger partial charge in [0.2, 0.25) is 0 Å². The van der Waals surface area contributed by atoms with Crippen LogP contribution >= 0.6 is 0 Å². The Hall–Kier alpha value is -1.07. The maximum Gasteiger partial charge on any atom is 0.147 e. The number of aryl methyl sites for hydroxylation is 1. The predicted molar refractivity (Wildman–Crippen MR) is 77.3 cm³/mol. The van der Waals surface area contributed by atoms with Gasteiger partial charge in [-0.25, -0.2) is 8.42 Å². The quantitative estimate of drug-likeness (QED) is 0.910. The van der Waals surface area contributed by atoms with Crippen molar-refractivity contribution in [3.63, 3.8) is 0 Å². The molecule has 0 aliphatic carbocycles. The number of aliphatic hydroxyl groups is 1. The predicted octanol–water partition coefficient (Wildman–Crippen LogP) is 1.54. The summed E-state index contributed by atoms with van der Waals surface area (Å²) < 4.78 is 22.2. The summed E-state index contributed by atoms with van der Waals surface area (Å²) in [6.45, 7) is 1.06. The van der Waals surface area contributed by atoms with Crippen molar-refractivity contribution < 1.29 is 13.5 Å². The van der Waals surface area contributed by atoms with E-state index in [1.54, 1.807) is 0 Å². The molecular weight excluding hydrogens is 262 g/mol. The summed E-state index contributed by atoms with van der Waals surface area (Å²) in [5.74, 6) is 0.0190. The second-order valence-electron chi connectivity index (χ2n) is 5.35. The molecule has 0 aromatic heterocycles. The zero-order valence-electron chi connectivity index (χ0n) is 11.5. The lowest BCUT2D eigenvalue weighted by Gasteiger charge is -2.28. The van der Waals surface area contributed by atoms with Crippen molar-refractivity contribution in [1.29, 1.82) is 0 Å². The molecule has 1 atom stereocenters. The molecule has 0 saturated carbocycles. The van der Waals surface area contributed by atoms with Crippen LogP contribution in [-0.2, 0) is 16.3 Å². The van der Waals surface area contributed by atoms with Crippen LogP contribution in [0.5, 0.6) is 0 Å². The highest BCUT2D eigenvalue weighted by atomic mass is 32.2. The first-order valence-electron chi connectivity index (χ1n) is 6.56. The molecule has 4 nitrogen and oxygen atoms in total. The average molecular weight is 283 g/mol. The molecule has 5 heteroatoms. The van der Waals surface area contributed by atoms with E-state index in [1.165, 1.54) is 17.5 Å². The highest BCUT2D eigenvalue weighted by Gasteiger charge is 2.17. The van der Waals surface area contributed by atoms with Crippen LogP contribution in [0.1, 0.15) is 30.1 Å². The third-order valence-electron chi connectivity index (χ3n) is 3.60. The molecule has 0 amide bonds. The average Bonchev–Trinajstić information content (AvgIpc) is 2.35. The molecular formula is C14H21NO3S. The summed E-state index contributed by atoms with van der Waals surface area (Å²) in [6.07, 6.45) is 2.89. The van der Waals surface area contributed by atoms with Gasteiger partial charge in [-0.3, -0.25) is 0 Å². The molecule has 1 aliphatic rings. The van der Waals surface area contributed by atoms with Gasteiger partial charge in [-0.05, 0) is 36.5 Å². The fourth-order valence-electron chi connectivity index (χ4n) is 2.50. The van der Waals surface area contributed by atoms with Gasteiger partial charge < -0.3 is 10.0 Å². The smallest absolute Gasteiger partial charge is 0.147 e. The van der Waals surface area contributed by atoms with Gasteiger partial charge in [-0.2, -0.15) is 0 Å². The normalized spacial score (nSPS) is 17.1. The van der Waals surface area contributed by atoms with Crippen LogP contribution in [0.3, 0.4) is 0 Å². The maximum atomic E-state index is 11.1. The van der Waals surface area contributed by atoms with Gasteiger partial charge in [-0.15, -0.1) is 0 Å². The first-order valence-corrected chi connectivity index (χ1v) is 8.62. The molecule has 1 aliphatic heterocycles. The number of rotatable bonds is 4. The van der Waals surface area contributed by atoms with E-state index in [-0.39, 0.29) is 12.2 Å². The monoisotopic (exact) mass is 283 g/mol. The van der Waals surface area contributed by atoms with Crippen LogP contribution in [0.15, 0.2) is 18.2 Å². The molecule has 106 valence electrons. The van der Waals surface area contributed by atoms with E-state index in [4.69, 9.17) is 0 Å². The zero-order chi connectivity index (χ0) is 14.0. The largest absolute Gasteiger partial charge is 0.388 e. The molecule has 1 heterocycles. The Labute approximate surface area is 115 Å². The molecule has 1 aromatic rings. The number of hydrogen-bond donors (Lipinski definition) is 1. The molecule has 1 aromatic carbocycles. The second kappa shape index (κ2) is 5.51. The standard InChI is InChI=1S/C14H21NO3S/c1-15-8-3-4-11-10-12(5-6-13(11)15)14(16)7-9-19(2,17)18/h5-6,10,14,16H,3-4,7-9H2,1-2H3. The second-order valence-corrected chi connectivity index (χ2v) is 7.61. The Morgan fingerprint density at radius 1 is 1.42 bits per heavy atom. The van der Waals surface area contributed by atoms with Crippen molar-refractivity contribution in [3.8, 4) is 0 Å². The van der Waals surface area contributed by atoms with E-state index in [2.05, 4.69) is 11.9 Å². The minimum atomic E-state index is -3.02. The highest BCUT2D eigenvalue weighted by Crippen LogP contribution is 2.29. The van der Waals surface area contributed by atoms with E-state index >= 15 is 0 Å². The van der Waals surface area contributed by atoms with E-state index in [1.807, 2.05) is 18.2 Å². The Morgan fingerprint density at radius 2 is 2.16 bits per heavy atom. The van der Waals surface area contributed by atoms with Crippen molar-refractivity contribution in [3.05, 3.63) is 29.3 Å². The molecule has 1 N–H and O–H groups in total. The molecule has 0 spiro atoms. The van der Waals surface area contributed by atoms with Gasteiger partial charge in [0.05, 0.1) is 11.9 Å². The van der Waals surface area contributed by atoms with Crippen molar-refractivity contribution in [2.75, 3.05) is 30.5 Å². The van der Waals surface area contributed by atoms with Crippen molar-refractivity contribution >= 4 is 15.5 Å². The summed E-state index contributed by atoms with van der Waals surface area (Å²) in [5.41, 5.74) is 3.27. The lowest BCUT2D eigenvalue weighted by molar-refractivity contribution is 0.174. The third kappa shape index (κ3) is 3.70. The van der Waals surface area contributed by atoms with Crippen molar-refractivity contribution in [1.82, 2.24) is 0 Å². The molecule has 0 radical (unpaired) electrons. The van der Waals surface area contributed by atoms with Gasteiger partial charge >= 0.3 is 0 Å². The third-order valence-corrected chi connectivity index (χ3v) is 4.58. The number of sulfone groups is 1. The number of aliphatic hydroxyl groups excluding tert-OH is 1. The van der Waals surface area contributed by atoms with Gasteiger partial charge in [-0.1, -0.05) is 12.1 Å². The fraction of sp³-hybridized carbons (Fsp3) is 0.571. The van der Waals surface area contributed by atoms with Gasteiger partial charge in [0.1, 0.15) is 9.84 Å². The lowest BCUT2D eigenvalue weighted by atomic mass is 9.97. The maximum absolute atomic E-state index is 11.1. The topological polar surface area (TPSA) is 57.6 Å². The van der Waals surface area contributed by atoms with E-state index in [0.717, 1.165) is 24.9 Å². The van der Waals surface area contributed by atoms with Gasteiger partial charge in [0.25, 0.3) is 0 Å². The minimum Gasteiger partial charge on any atom is -0.388 e. The summed E-state index contributed by atoms with van der Waals surface area (Å²) in [6, 6.07) is 5.93. The Balaban J connectivity index is 2.13. The lowest BCUT2D eigenvalue weighted by Crippen LogP contribution is -2.24. The van der Waals surface area contributed by atoms with Gasteiger partial charge in [0.15, 0.2) is 0 Å². The summed E-state index contributed by atoms with van der Waals surface area (Å²) >= 11 is 0. The van der Waals surface area contributed by atoms with E-state index < -0.39 is 15.9 Å². The molecule has 0 fully saturated rings. The van der Waals surface area contributed by atoms with Gasteiger partial charge in [0, 0.05) is 25.5 Å². The van der Waals surface area contributed by atoms with E-state index in [9.17, 15) is 13.5 Å². The number of benzene rings is 1. The first-order chi connectivity index (χ1) is 8.87. The summed E-state index contributed by atoms with van der Waals surface area (Å²) in [4.78, 5) is 2.21.